The lowest BCUT2D eigenvalue weighted by Gasteiger charge is -2.12. The summed E-state index contributed by atoms with van der Waals surface area (Å²) < 4.78 is 27.3. The van der Waals surface area contributed by atoms with Crippen molar-refractivity contribution < 1.29 is 8.42 Å². The van der Waals surface area contributed by atoms with Crippen LogP contribution < -0.4 is 4.72 Å². The van der Waals surface area contributed by atoms with Crippen LogP contribution >= 0.6 is 34.8 Å². The summed E-state index contributed by atoms with van der Waals surface area (Å²) in [6.45, 7) is 3.42. The van der Waals surface area contributed by atoms with Crippen LogP contribution in [-0.2, 0) is 10.0 Å². The van der Waals surface area contributed by atoms with Gasteiger partial charge in [-0.05, 0) is 43.2 Å². The highest BCUT2D eigenvalue weighted by Crippen LogP contribution is 2.30. The highest BCUT2D eigenvalue weighted by Gasteiger charge is 2.20. The first-order chi connectivity index (χ1) is 9.70. The largest absolute Gasteiger partial charge is 0.279 e. The zero-order chi connectivity index (χ0) is 15.8. The smallest absolute Gasteiger partial charge is 0.263 e. The van der Waals surface area contributed by atoms with Crippen molar-refractivity contribution in [1.29, 1.82) is 0 Å². The van der Waals surface area contributed by atoms with Crippen LogP contribution in [0, 0.1) is 13.8 Å². The summed E-state index contributed by atoms with van der Waals surface area (Å²) in [5.74, 6) is 0. The van der Waals surface area contributed by atoms with Gasteiger partial charge in [-0.3, -0.25) is 4.72 Å². The third-order valence-corrected chi connectivity index (χ3v) is 5.26. The first kappa shape index (κ1) is 16.4. The Morgan fingerprint density at radius 1 is 1.00 bits per heavy atom. The molecule has 1 heterocycles. The Hall–Kier alpha value is -1.01. The summed E-state index contributed by atoms with van der Waals surface area (Å²) in [5.41, 5.74) is 1.61. The van der Waals surface area contributed by atoms with E-state index in [1.807, 2.05) is 0 Å². The van der Waals surface area contributed by atoms with Gasteiger partial charge >= 0.3 is 0 Å². The number of hydrogen-bond donors (Lipinski definition) is 1. The van der Waals surface area contributed by atoms with Crippen LogP contribution in [0.15, 0.2) is 29.3 Å². The predicted octanol–water partition coefficient (Wildman–Crippen LogP) is 4.46. The number of hydrogen-bond acceptors (Lipinski definition) is 3. The topological polar surface area (TPSA) is 59.1 Å². The van der Waals surface area contributed by atoms with Crippen molar-refractivity contribution in [1.82, 2.24) is 4.98 Å². The monoisotopic (exact) mass is 364 g/mol. The second-order valence-corrected chi connectivity index (χ2v) is 7.31. The van der Waals surface area contributed by atoms with Crippen LogP contribution in [0.5, 0.6) is 0 Å². The molecule has 0 bridgehead atoms. The molecule has 112 valence electrons. The number of nitrogens with one attached hydrogen (secondary N) is 1. The Kier molecular flexibility index (Phi) is 4.68. The summed E-state index contributed by atoms with van der Waals surface area (Å²) >= 11 is 17.7. The van der Waals surface area contributed by atoms with Crippen molar-refractivity contribution in [3.05, 3.63) is 50.7 Å². The second-order valence-electron chi connectivity index (χ2n) is 4.46. The molecule has 0 aliphatic heterocycles. The zero-order valence-electron chi connectivity index (χ0n) is 11.1. The average molecular weight is 366 g/mol. The van der Waals surface area contributed by atoms with E-state index in [2.05, 4.69) is 9.71 Å². The number of sulfonamides is 1. The van der Waals surface area contributed by atoms with E-state index in [1.165, 1.54) is 24.4 Å². The molecule has 0 amide bonds. The van der Waals surface area contributed by atoms with Gasteiger partial charge in [-0.2, -0.15) is 0 Å². The van der Waals surface area contributed by atoms with Crippen LogP contribution in [0.1, 0.15) is 11.1 Å². The summed E-state index contributed by atoms with van der Waals surface area (Å²) in [4.78, 5) is 3.83. The van der Waals surface area contributed by atoms with Gasteiger partial charge in [0.15, 0.2) is 0 Å². The molecule has 21 heavy (non-hydrogen) atoms. The molecule has 0 atom stereocenters. The molecule has 1 aromatic heterocycles. The SMILES string of the molecule is Cc1cc(S(=O)(=O)Nc2cc(Cl)ncc2C)c(Cl)cc1Cl. The van der Waals surface area contributed by atoms with Crippen molar-refractivity contribution in [3.8, 4) is 0 Å². The quantitative estimate of drug-likeness (QED) is 0.817. The summed E-state index contributed by atoms with van der Waals surface area (Å²) in [5, 5.41) is 0.648. The van der Waals surface area contributed by atoms with Crippen LogP contribution in [0.3, 0.4) is 0 Å². The highest BCUT2D eigenvalue weighted by molar-refractivity contribution is 7.92. The zero-order valence-corrected chi connectivity index (χ0v) is 14.2. The number of rotatable bonds is 3. The third kappa shape index (κ3) is 3.61. The van der Waals surface area contributed by atoms with Gasteiger partial charge in [-0.15, -0.1) is 0 Å². The van der Waals surface area contributed by atoms with Crippen molar-refractivity contribution in [2.24, 2.45) is 0 Å². The fourth-order valence-electron chi connectivity index (χ4n) is 1.64. The van der Waals surface area contributed by atoms with Gasteiger partial charge in [0, 0.05) is 11.2 Å². The Morgan fingerprint density at radius 3 is 2.33 bits per heavy atom. The number of pyridine rings is 1. The Labute approximate surface area is 138 Å². The number of nitrogens with zero attached hydrogens (tertiary/aromatic N) is 1. The summed E-state index contributed by atoms with van der Waals surface area (Å²) in [6.07, 6.45) is 1.48. The van der Waals surface area contributed by atoms with E-state index in [9.17, 15) is 8.42 Å². The van der Waals surface area contributed by atoms with Gasteiger partial charge in [0.1, 0.15) is 10.0 Å². The van der Waals surface area contributed by atoms with E-state index < -0.39 is 10.0 Å². The molecule has 0 fully saturated rings. The molecule has 0 unspecified atom stereocenters. The predicted molar refractivity (Wildman–Crippen MR) is 86.0 cm³/mol. The lowest BCUT2D eigenvalue weighted by Crippen LogP contribution is -2.14. The van der Waals surface area contributed by atoms with E-state index in [4.69, 9.17) is 34.8 Å². The maximum atomic E-state index is 12.4. The third-order valence-electron chi connectivity index (χ3n) is 2.82. The summed E-state index contributed by atoms with van der Waals surface area (Å²) in [6, 6.07) is 4.26. The molecular weight excluding hydrogens is 355 g/mol. The fourth-order valence-corrected chi connectivity index (χ4v) is 3.76. The van der Waals surface area contributed by atoms with Crippen LogP contribution in [0.2, 0.25) is 15.2 Å². The van der Waals surface area contributed by atoms with Crippen molar-refractivity contribution >= 4 is 50.5 Å². The number of aromatic nitrogens is 1. The molecule has 8 heteroatoms. The molecule has 0 saturated heterocycles. The minimum absolute atomic E-state index is 0.0431. The highest BCUT2D eigenvalue weighted by atomic mass is 35.5. The van der Waals surface area contributed by atoms with Crippen molar-refractivity contribution in [2.45, 2.75) is 18.7 Å². The van der Waals surface area contributed by atoms with E-state index in [-0.39, 0.29) is 15.1 Å². The Morgan fingerprint density at radius 2 is 1.67 bits per heavy atom. The van der Waals surface area contributed by atoms with E-state index >= 15 is 0 Å². The number of anilines is 1. The van der Waals surface area contributed by atoms with Crippen LogP contribution in [-0.4, -0.2) is 13.4 Å². The van der Waals surface area contributed by atoms with Crippen LogP contribution in [0.25, 0.3) is 0 Å². The standard InChI is InChI=1S/C13H11Cl3N2O2S/c1-7-3-12(10(15)4-9(7)14)21(19,20)18-11-5-13(16)17-6-8(11)2/h3-6H,1-2H3,(H,17,18). The Bertz CT molecular complexity index is 807. The molecule has 1 aromatic carbocycles. The molecular formula is C13H11Cl3N2O2S. The van der Waals surface area contributed by atoms with Gasteiger partial charge in [-0.25, -0.2) is 13.4 Å². The van der Waals surface area contributed by atoms with E-state index in [1.54, 1.807) is 13.8 Å². The van der Waals surface area contributed by atoms with Gasteiger partial charge in [0.05, 0.1) is 10.7 Å². The van der Waals surface area contributed by atoms with E-state index in [0.717, 1.165) is 0 Å². The lowest BCUT2D eigenvalue weighted by molar-refractivity contribution is 0.601. The first-order valence-corrected chi connectivity index (χ1v) is 8.43. The minimum atomic E-state index is -3.85. The van der Waals surface area contributed by atoms with E-state index in [0.29, 0.717) is 21.8 Å². The minimum Gasteiger partial charge on any atom is -0.279 e. The number of aryl methyl sites for hydroxylation is 2. The molecule has 0 saturated carbocycles. The molecule has 0 aliphatic rings. The van der Waals surface area contributed by atoms with Gasteiger partial charge < -0.3 is 0 Å². The van der Waals surface area contributed by atoms with Crippen molar-refractivity contribution in [3.63, 3.8) is 0 Å². The molecule has 0 aliphatic carbocycles. The second kappa shape index (κ2) is 6.01. The molecule has 2 rings (SSSR count). The number of benzene rings is 1. The average Bonchev–Trinajstić information content (AvgIpc) is 2.37. The molecule has 4 nitrogen and oxygen atoms in total. The first-order valence-electron chi connectivity index (χ1n) is 5.81. The lowest BCUT2D eigenvalue weighted by atomic mass is 10.2. The van der Waals surface area contributed by atoms with Gasteiger partial charge in [0.25, 0.3) is 10.0 Å². The Balaban J connectivity index is 2.48. The van der Waals surface area contributed by atoms with Gasteiger partial charge in [-0.1, -0.05) is 34.8 Å². The molecule has 0 radical (unpaired) electrons. The molecule has 1 N–H and O–H groups in total. The molecule has 0 spiro atoms. The fraction of sp³-hybridized carbons (Fsp3) is 0.154. The number of halogens is 3. The van der Waals surface area contributed by atoms with Crippen LogP contribution in [0.4, 0.5) is 5.69 Å². The molecule has 2 aromatic rings. The maximum Gasteiger partial charge on any atom is 0.263 e. The van der Waals surface area contributed by atoms with Crippen molar-refractivity contribution in [2.75, 3.05) is 4.72 Å². The summed E-state index contributed by atoms with van der Waals surface area (Å²) in [7, 11) is -3.85. The normalized spacial score (nSPS) is 11.5. The maximum absolute atomic E-state index is 12.4. The van der Waals surface area contributed by atoms with Gasteiger partial charge in [0.2, 0.25) is 0 Å².